The highest BCUT2D eigenvalue weighted by Crippen LogP contribution is 1.94. The van der Waals surface area contributed by atoms with Crippen molar-refractivity contribution < 1.29 is 0 Å². The minimum atomic E-state index is 0.625. The standard InChI is InChI=1S/3C8H19N.3C6H15N.5C5H13N.3C4H11N.C3H9N.C2H7N/c1-7(2)5-9-6-8(3)4;1-5-7(3)9-8(4)6-2;1-3-5-7-9-8-6-4-2;1-5(2)7-6(3)4;1-3-5-6-7-4-2;1-3-5-7-6-4-2;1-5(2)4-6-3;1-4-5(2)6-3;1-4-6-5(2)3;1-3-4-5-6-2;1-3-5-6-4-2;1-4(2)5-3;1-3-4-5-2;1-3-5-4-2;1-3-4-2;1-3-2/h2*7-9H,5-6H2,1-4H3;9H,3-8H2,1-2H3;5-7H,1-4H3;2*7H,3-6H2,1-2H3;3*5-6H,4H2,1-3H3;2*6H,3-5H2,1-2H3;4-5H,1-3H3;2*5H,3-4H2,1-2H3;4H,3H2,1-2H3;3H,1-2H3. The van der Waals surface area contributed by atoms with Crippen LogP contribution in [0.25, 0.3) is 0 Å². The first kappa shape index (κ1) is 138. The molecule has 0 aliphatic rings. The van der Waals surface area contributed by atoms with Crippen LogP contribution in [0.1, 0.15) is 332 Å². The lowest BCUT2D eigenvalue weighted by atomic mass is 10.2. The van der Waals surface area contributed by atoms with Crippen LogP contribution in [0.15, 0.2) is 0 Å². The summed E-state index contributed by atoms with van der Waals surface area (Å²) in [6.45, 7) is 93.2. The number of hydrogen-bond acceptors (Lipinski definition) is 16. The van der Waals surface area contributed by atoms with Crippen LogP contribution in [0.4, 0.5) is 0 Å². The Labute approximate surface area is 641 Å². The van der Waals surface area contributed by atoms with Gasteiger partial charge in [0.2, 0.25) is 0 Å². The van der Waals surface area contributed by atoms with Crippen LogP contribution >= 0.6 is 0 Å². The van der Waals surface area contributed by atoms with E-state index in [2.05, 4.69) is 320 Å². The second-order valence-electron chi connectivity index (χ2n) is 27.4. The molecule has 632 valence electrons. The van der Waals surface area contributed by atoms with Crippen molar-refractivity contribution in [3.8, 4) is 0 Å². The van der Waals surface area contributed by atoms with E-state index < -0.39 is 0 Å². The zero-order valence-electron chi connectivity index (χ0n) is 78.4. The van der Waals surface area contributed by atoms with Crippen molar-refractivity contribution >= 4 is 0 Å². The van der Waals surface area contributed by atoms with Gasteiger partial charge in [0.05, 0.1) is 0 Å². The molecular formula is C84H216N16. The molecule has 0 bridgehead atoms. The maximum Gasteiger partial charge on any atom is 0.00385 e. The van der Waals surface area contributed by atoms with Crippen LogP contribution < -0.4 is 85.1 Å². The molecule has 3 atom stereocenters. The van der Waals surface area contributed by atoms with Crippen molar-refractivity contribution in [1.29, 1.82) is 0 Å². The van der Waals surface area contributed by atoms with Gasteiger partial charge in [-0.1, -0.05) is 240 Å². The van der Waals surface area contributed by atoms with Crippen LogP contribution in [-0.2, 0) is 0 Å². The third-order valence-corrected chi connectivity index (χ3v) is 12.5. The monoisotopic (exact) mass is 1450 g/mol. The van der Waals surface area contributed by atoms with E-state index in [1.807, 2.05) is 56.4 Å². The number of hydrogen-bond donors (Lipinski definition) is 16. The third-order valence-electron chi connectivity index (χ3n) is 12.5. The van der Waals surface area contributed by atoms with Gasteiger partial charge < -0.3 is 85.1 Å². The summed E-state index contributed by atoms with van der Waals surface area (Å²) in [7, 11) is 15.5. The molecule has 0 saturated heterocycles. The summed E-state index contributed by atoms with van der Waals surface area (Å²) >= 11 is 0. The van der Waals surface area contributed by atoms with Crippen LogP contribution in [0.3, 0.4) is 0 Å². The molecule has 0 heterocycles. The Bertz CT molecular complexity index is 942. The summed E-state index contributed by atoms with van der Waals surface area (Å²) in [5.41, 5.74) is 0. The maximum atomic E-state index is 3.48. The SMILES string of the molecule is CC(C)CNCC(C)C.CC(C)NC(C)C.CCC(C)NC.CCC(C)NC(C)CC.CCCCNC.CCCCNCC.CCCCNCCCC.CCCNC.CCCNCC.CCCNCCC.CCNC.CCNC(C)C.CCNCC.CNC.CNC(C)C.CNCC(C)C. The topological polar surface area (TPSA) is 192 Å². The Morgan fingerprint density at radius 2 is 0.510 bits per heavy atom. The van der Waals surface area contributed by atoms with Gasteiger partial charge in [-0.15, -0.1) is 0 Å². The first-order valence-electron chi connectivity index (χ1n) is 42.3. The van der Waals surface area contributed by atoms with Crippen molar-refractivity contribution in [2.24, 2.45) is 17.8 Å². The van der Waals surface area contributed by atoms with Gasteiger partial charge in [0.25, 0.3) is 0 Å². The van der Waals surface area contributed by atoms with E-state index in [0.717, 1.165) is 96.3 Å². The van der Waals surface area contributed by atoms with Crippen LogP contribution in [0.5, 0.6) is 0 Å². The second kappa shape index (κ2) is 156. The van der Waals surface area contributed by atoms with E-state index in [0.29, 0.717) is 42.3 Å². The van der Waals surface area contributed by atoms with E-state index in [9.17, 15) is 0 Å². The molecule has 16 N–H and O–H groups in total. The minimum Gasteiger partial charge on any atom is -0.323 e. The Hall–Kier alpha value is -0.640. The Morgan fingerprint density at radius 3 is 0.640 bits per heavy atom. The third kappa shape index (κ3) is 306. The van der Waals surface area contributed by atoms with Gasteiger partial charge in [-0.25, -0.2) is 0 Å². The first-order chi connectivity index (χ1) is 47.3. The number of rotatable bonds is 42. The fourth-order valence-electron chi connectivity index (χ4n) is 5.96. The van der Waals surface area contributed by atoms with E-state index in [4.69, 9.17) is 0 Å². The van der Waals surface area contributed by atoms with Crippen molar-refractivity contribution in [2.75, 3.05) is 168 Å². The highest BCUT2D eigenvalue weighted by molar-refractivity contribution is 4.63. The molecule has 0 saturated carbocycles. The maximum absolute atomic E-state index is 3.48. The molecule has 0 amide bonds. The molecule has 0 spiro atoms. The van der Waals surface area contributed by atoms with Crippen molar-refractivity contribution in [2.45, 2.75) is 374 Å². The molecular weight excluding hydrogens is 1230 g/mol. The predicted molar refractivity (Wildman–Crippen MR) is 479 cm³/mol. The summed E-state index contributed by atoms with van der Waals surface area (Å²) in [4.78, 5) is 0. The molecule has 3 unspecified atom stereocenters. The van der Waals surface area contributed by atoms with Crippen molar-refractivity contribution in [3.05, 3.63) is 0 Å². The van der Waals surface area contributed by atoms with Crippen LogP contribution in [0, 0.1) is 17.8 Å². The molecule has 0 fully saturated rings. The summed E-state index contributed by atoms with van der Waals surface area (Å²) < 4.78 is 0. The van der Waals surface area contributed by atoms with Gasteiger partial charge in [-0.2, -0.15) is 0 Å². The van der Waals surface area contributed by atoms with Gasteiger partial charge in [0, 0.05) is 42.3 Å². The molecule has 0 radical (unpaired) electrons. The average molecular weight is 1450 g/mol. The highest BCUT2D eigenvalue weighted by Gasteiger charge is 2.01. The van der Waals surface area contributed by atoms with E-state index in [1.54, 1.807) is 0 Å². The smallest absolute Gasteiger partial charge is 0.00385 e. The van der Waals surface area contributed by atoms with Crippen molar-refractivity contribution in [1.82, 2.24) is 85.1 Å². The molecule has 0 aromatic heterocycles. The summed E-state index contributed by atoms with van der Waals surface area (Å²) in [5.74, 6) is 2.35. The second-order valence-corrected chi connectivity index (χ2v) is 27.4. The van der Waals surface area contributed by atoms with Crippen LogP contribution in [0.2, 0.25) is 0 Å². The minimum absolute atomic E-state index is 0.625. The summed E-state index contributed by atoms with van der Waals surface area (Å²) in [5, 5.41) is 50.6. The van der Waals surface area contributed by atoms with Crippen LogP contribution in [-0.4, -0.2) is 210 Å². The zero-order valence-corrected chi connectivity index (χ0v) is 78.4. The van der Waals surface area contributed by atoms with E-state index in [-0.39, 0.29) is 0 Å². The Kier molecular flexibility index (Phi) is 216. The predicted octanol–water partition coefficient (Wildman–Crippen LogP) is 17.2. The fraction of sp³-hybridized carbons (Fsp3) is 1.00. The largest absolute Gasteiger partial charge is 0.323 e. The normalized spacial score (nSPS) is 10.5. The van der Waals surface area contributed by atoms with Gasteiger partial charge in [0.15, 0.2) is 0 Å². The zero-order chi connectivity index (χ0) is 81.7. The van der Waals surface area contributed by atoms with E-state index >= 15 is 0 Å². The number of nitrogens with one attached hydrogen (secondary N) is 16. The lowest BCUT2D eigenvalue weighted by Crippen LogP contribution is -2.33. The molecule has 0 aliphatic carbocycles. The van der Waals surface area contributed by atoms with Gasteiger partial charge in [0.1, 0.15) is 0 Å². The summed E-state index contributed by atoms with van der Waals surface area (Å²) in [6.07, 6.45) is 19.1. The number of unbranched alkanes of at least 4 members (excludes halogenated alkanes) is 4. The molecule has 16 heteroatoms. The quantitative estimate of drug-likeness (QED) is 0.0258. The Balaban J connectivity index is -0.0000000541. The fourth-order valence-corrected chi connectivity index (χ4v) is 5.96. The van der Waals surface area contributed by atoms with Crippen molar-refractivity contribution in [3.63, 3.8) is 0 Å². The molecule has 16 nitrogen and oxygen atoms in total. The van der Waals surface area contributed by atoms with Gasteiger partial charge >= 0.3 is 0 Å². The van der Waals surface area contributed by atoms with E-state index in [1.165, 1.54) is 129 Å². The lowest BCUT2D eigenvalue weighted by Gasteiger charge is -2.16. The molecule has 0 aromatic rings. The molecule has 0 aromatic carbocycles. The lowest BCUT2D eigenvalue weighted by molar-refractivity contribution is 0.449. The Morgan fingerprint density at radius 1 is 0.220 bits per heavy atom. The highest BCUT2D eigenvalue weighted by atomic mass is 14.9. The molecule has 100 heavy (non-hydrogen) atoms. The molecule has 0 aliphatic heterocycles. The molecule has 0 rings (SSSR count). The van der Waals surface area contributed by atoms with Gasteiger partial charge in [-0.05, 0) is 277 Å². The van der Waals surface area contributed by atoms with Gasteiger partial charge in [-0.3, -0.25) is 0 Å². The first-order valence-corrected chi connectivity index (χ1v) is 42.3. The average Bonchev–Trinajstić information content (AvgIpc) is 3.25. The summed E-state index contributed by atoms with van der Waals surface area (Å²) in [6, 6.07) is 4.58.